The Hall–Kier alpha value is -1.07. The van der Waals surface area contributed by atoms with Crippen molar-refractivity contribution in [2.45, 2.75) is 39.9 Å². The fourth-order valence-electron chi connectivity index (χ4n) is 2.74. The molecule has 0 spiro atoms. The van der Waals surface area contributed by atoms with Crippen molar-refractivity contribution in [3.05, 3.63) is 11.8 Å². The van der Waals surface area contributed by atoms with Gasteiger partial charge >= 0.3 is 0 Å². The van der Waals surface area contributed by atoms with Crippen molar-refractivity contribution in [1.82, 2.24) is 4.90 Å². The number of aliphatic hydroxyl groups excluding tert-OH is 1. The molecular formula is C16H29NO4. The van der Waals surface area contributed by atoms with E-state index >= 15 is 0 Å². The van der Waals surface area contributed by atoms with Crippen molar-refractivity contribution in [1.29, 1.82) is 0 Å². The summed E-state index contributed by atoms with van der Waals surface area (Å²) in [6.07, 6.45) is 3.05. The molecule has 0 aromatic carbocycles. The molecule has 0 bridgehead atoms. The van der Waals surface area contributed by atoms with Gasteiger partial charge in [0.05, 0.1) is 0 Å². The first kappa shape index (κ1) is 18.0. The highest BCUT2D eigenvalue weighted by Crippen LogP contribution is 2.37. The molecule has 1 aliphatic rings. The Morgan fingerprint density at radius 3 is 2.62 bits per heavy atom. The van der Waals surface area contributed by atoms with Gasteiger partial charge in [-0.1, -0.05) is 13.8 Å². The summed E-state index contributed by atoms with van der Waals surface area (Å²) in [5.41, 5.74) is 0. The lowest BCUT2D eigenvalue weighted by molar-refractivity contribution is -0.177. The second-order valence-electron chi connectivity index (χ2n) is 6.02. The summed E-state index contributed by atoms with van der Waals surface area (Å²) in [4.78, 5) is 13.7. The van der Waals surface area contributed by atoms with Gasteiger partial charge in [-0.25, -0.2) is 0 Å². The lowest BCUT2D eigenvalue weighted by Gasteiger charge is -2.38. The second kappa shape index (κ2) is 8.39. The Morgan fingerprint density at radius 1 is 1.48 bits per heavy atom. The molecule has 3 atom stereocenters. The van der Waals surface area contributed by atoms with Gasteiger partial charge in [0.1, 0.15) is 0 Å². The number of carbonyl (C=O) groups is 1. The summed E-state index contributed by atoms with van der Waals surface area (Å²) < 4.78 is 11.5. The van der Waals surface area contributed by atoms with E-state index in [1.54, 1.807) is 14.1 Å². The van der Waals surface area contributed by atoms with Crippen LogP contribution in [-0.2, 0) is 14.3 Å². The van der Waals surface area contributed by atoms with Crippen molar-refractivity contribution in [2.75, 3.05) is 27.3 Å². The zero-order valence-electron chi connectivity index (χ0n) is 13.8. The number of rotatable bonds is 7. The highest BCUT2D eigenvalue weighted by atomic mass is 16.7. The summed E-state index contributed by atoms with van der Waals surface area (Å²) in [5.74, 6) is 0.991. The van der Waals surface area contributed by atoms with Crippen molar-refractivity contribution in [2.24, 2.45) is 17.8 Å². The summed E-state index contributed by atoms with van der Waals surface area (Å²) in [5, 5.41) is 9.09. The summed E-state index contributed by atoms with van der Waals surface area (Å²) in [6.45, 7) is 6.89. The number of carbonyl (C=O) groups excluding carboxylic acids is 1. The number of amides is 1. The minimum Gasteiger partial charge on any atom is -0.459 e. The molecule has 1 heterocycles. The van der Waals surface area contributed by atoms with Crippen LogP contribution in [0.25, 0.3) is 0 Å². The number of allylic oxidation sites excluding steroid dienone is 1. The zero-order valence-corrected chi connectivity index (χ0v) is 13.8. The molecule has 0 aromatic rings. The molecule has 1 aliphatic heterocycles. The van der Waals surface area contributed by atoms with E-state index in [0.29, 0.717) is 24.7 Å². The van der Waals surface area contributed by atoms with Crippen molar-refractivity contribution in [3.63, 3.8) is 0 Å². The maximum atomic E-state index is 12.2. The SMILES string of the molecule is CCO[C@H]1OC(C(=O)N(C)C)=C[C@@H](C(C)C)[C@@H]1CCCO. The number of likely N-dealkylation sites (N-methyl/N-ethyl adjacent to an activating group) is 1. The normalized spacial score (nSPS) is 25.5. The van der Waals surface area contributed by atoms with Crippen LogP contribution < -0.4 is 0 Å². The minimum atomic E-state index is -0.419. The first-order valence-electron chi connectivity index (χ1n) is 7.74. The molecule has 0 aliphatic carbocycles. The first-order chi connectivity index (χ1) is 9.92. The predicted octanol–water partition coefficient (Wildman–Crippen LogP) is 2.01. The smallest absolute Gasteiger partial charge is 0.288 e. The van der Waals surface area contributed by atoms with E-state index in [-0.39, 0.29) is 24.3 Å². The van der Waals surface area contributed by atoms with Gasteiger partial charge in [-0.3, -0.25) is 4.79 Å². The molecule has 0 unspecified atom stereocenters. The topological polar surface area (TPSA) is 59.0 Å². The van der Waals surface area contributed by atoms with Crippen LogP contribution in [0.2, 0.25) is 0 Å². The highest BCUT2D eigenvalue weighted by Gasteiger charge is 2.38. The van der Waals surface area contributed by atoms with Crippen LogP contribution in [0.1, 0.15) is 33.6 Å². The van der Waals surface area contributed by atoms with Crippen molar-refractivity contribution in [3.8, 4) is 0 Å². The summed E-state index contributed by atoms with van der Waals surface area (Å²) >= 11 is 0. The Morgan fingerprint density at radius 2 is 2.14 bits per heavy atom. The van der Waals surface area contributed by atoms with Crippen molar-refractivity contribution >= 4 is 5.91 Å². The predicted molar refractivity (Wildman–Crippen MR) is 81.4 cm³/mol. The van der Waals surface area contributed by atoms with Crippen LogP contribution in [0.4, 0.5) is 0 Å². The van der Waals surface area contributed by atoms with E-state index in [2.05, 4.69) is 13.8 Å². The van der Waals surface area contributed by atoms with E-state index in [1.165, 1.54) is 4.90 Å². The lowest BCUT2D eigenvalue weighted by Crippen LogP contribution is -2.41. The second-order valence-corrected chi connectivity index (χ2v) is 6.02. The van der Waals surface area contributed by atoms with E-state index in [4.69, 9.17) is 14.6 Å². The molecule has 0 radical (unpaired) electrons. The monoisotopic (exact) mass is 299 g/mol. The van der Waals surface area contributed by atoms with Crippen LogP contribution in [0.3, 0.4) is 0 Å². The zero-order chi connectivity index (χ0) is 16.0. The van der Waals surface area contributed by atoms with Crippen LogP contribution in [0.15, 0.2) is 11.8 Å². The van der Waals surface area contributed by atoms with E-state index in [9.17, 15) is 4.79 Å². The average molecular weight is 299 g/mol. The third-order valence-electron chi connectivity index (χ3n) is 3.84. The van der Waals surface area contributed by atoms with Crippen LogP contribution in [-0.4, -0.2) is 49.5 Å². The molecule has 0 saturated heterocycles. The van der Waals surface area contributed by atoms with E-state index in [0.717, 1.165) is 6.42 Å². The van der Waals surface area contributed by atoms with Gasteiger partial charge in [0.15, 0.2) is 5.76 Å². The highest BCUT2D eigenvalue weighted by molar-refractivity contribution is 5.91. The van der Waals surface area contributed by atoms with Gasteiger partial charge < -0.3 is 19.5 Å². The molecule has 0 aromatic heterocycles. The molecule has 122 valence electrons. The van der Waals surface area contributed by atoms with Gasteiger partial charge in [-0.05, 0) is 37.7 Å². The maximum Gasteiger partial charge on any atom is 0.288 e. The minimum absolute atomic E-state index is 0.133. The number of aliphatic hydroxyl groups is 1. The fourth-order valence-corrected chi connectivity index (χ4v) is 2.74. The molecule has 1 N–H and O–H groups in total. The largest absolute Gasteiger partial charge is 0.459 e. The number of hydrogen-bond acceptors (Lipinski definition) is 4. The number of nitrogens with zero attached hydrogens (tertiary/aromatic N) is 1. The Kier molecular flexibility index (Phi) is 7.18. The van der Waals surface area contributed by atoms with E-state index < -0.39 is 6.29 Å². The molecular weight excluding hydrogens is 270 g/mol. The third-order valence-corrected chi connectivity index (χ3v) is 3.84. The van der Waals surface area contributed by atoms with Crippen LogP contribution in [0, 0.1) is 17.8 Å². The molecule has 5 nitrogen and oxygen atoms in total. The number of ether oxygens (including phenoxy) is 2. The van der Waals surface area contributed by atoms with Gasteiger partial charge in [0, 0.05) is 33.2 Å². The van der Waals surface area contributed by atoms with Gasteiger partial charge in [-0.2, -0.15) is 0 Å². The maximum absolute atomic E-state index is 12.2. The van der Waals surface area contributed by atoms with Gasteiger partial charge in [0.2, 0.25) is 6.29 Å². The summed E-state index contributed by atoms with van der Waals surface area (Å²) in [6, 6.07) is 0. The quantitative estimate of drug-likeness (QED) is 0.781. The van der Waals surface area contributed by atoms with Crippen LogP contribution >= 0.6 is 0 Å². The standard InChI is InChI=1S/C16H29NO4/c1-6-20-16-12(8-7-9-18)13(11(2)3)10-14(21-16)15(19)17(4)5/h10-13,16,18H,6-9H2,1-5H3/t12-,13-,16-/m0/s1. The molecule has 1 rings (SSSR count). The third kappa shape index (κ3) is 4.71. The fraction of sp³-hybridized carbons (Fsp3) is 0.812. The van der Waals surface area contributed by atoms with E-state index in [1.807, 2.05) is 13.0 Å². The Bertz CT molecular complexity index is 365. The summed E-state index contributed by atoms with van der Waals surface area (Å²) in [7, 11) is 3.43. The average Bonchev–Trinajstić information content (AvgIpc) is 2.44. The van der Waals surface area contributed by atoms with Crippen molar-refractivity contribution < 1.29 is 19.4 Å². The first-order valence-corrected chi connectivity index (χ1v) is 7.74. The van der Waals surface area contributed by atoms with Gasteiger partial charge in [0.25, 0.3) is 5.91 Å². The Balaban J connectivity index is 3.03. The molecule has 1 amide bonds. The van der Waals surface area contributed by atoms with Gasteiger partial charge in [-0.15, -0.1) is 0 Å². The number of hydrogen-bond donors (Lipinski definition) is 1. The Labute approximate surface area is 127 Å². The molecule has 0 fully saturated rings. The molecule has 21 heavy (non-hydrogen) atoms. The lowest BCUT2D eigenvalue weighted by atomic mass is 9.78. The molecule has 0 saturated carbocycles. The molecule has 5 heteroatoms. The van der Waals surface area contributed by atoms with Crippen LogP contribution in [0.5, 0.6) is 0 Å².